The minimum Gasteiger partial charge on any atom is -0.495 e. The second-order valence-corrected chi connectivity index (χ2v) is 8.91. The Morgan fingerprint density at radius 3 is 2.52 bits per heavy atom. The Morgan fingerprint density at radius 2 is 1.91 bits per heavy atom. The summed E-state index contributed by atoms with van der Waals surface area (Å²) in [6.07, 6.45) is -0.116. The topological polar surface area (TPSA) is 91.0 Å². The molecule has 0 spiro atoms. The molecular formula is C22H22BrClN4O4S. The molecule has 1 heterocycles. The Kier molecular flexibility index (Phi) is 8.28. The van der Waals surface area contributed by atoms with Crippen LogP contribution in [-0.2, 0) is 14.4 Å². The third-order valence-electron chi connectivity index (χ3n) is 4.95. The highest BCUT2D eigenvalue weighted by Crippen LogP contribution is 2.33. The molecular weight excluding hydrogens is 532 g/mol. The summed E-state index contributed by atoms with van der Waals surface area (Å²) in [4.78, 5) is 40.4. The van der Waals surface area contributed by atoms with E-state index in [2.05, 4.69) is 26.6 Å². The van der Waals surface area contributed by atoms with Gasteiger partial charge in [0, 0.05) is 30.2 Å². The Bertz CT molecular complexity index is 1080. The summed E-state index contributed by atoms with van der Waals surface area (Å²) >= 11 is 15.2. The predicted octanol–water partition coefficient (Wildman–Crippen LogP) is 3.58. The van der Waals surface area contributed by atoms with Gasteiger partial charge in [-0.05, 0) is 54.7 Å². The maximum Gasteiger partial charge on any atom is 0.256 e. The molecule has 8 nitrogen and oxygen atoms in total. The molecule has 1 unspecified atom stereocenters. The van der Waals surface area contributed by atoms with Gasteiger partial charge in [-0.1, -0.05) is 27.5 Å². The molecule has 2 aromatic rings. The molecule has 0 radical (unpaired) electrons. The minimum absolute atomic E-state index is 0.116. The zero-order valence-corrected chi connectivity index (χ0v) is 21.1. The van der Waals surface area contributed by atoms with Crippen molar-refractivity contribution in [1.82, 2.24) is 10.2 Å². The highest BCUT2D eigenvalue weighted by atomic mass is 79.9. The summed E-state index contributed by atoms with van der Waals surface area (Å²) in [7, 11) is 1.50. The number of hydrogen-bond acceptors (Lipinski definition) is 5. The number of benzene rings is 2. The van der Waals surface area contributed by atoms with Gasteiger partial charge in [-0.15, -0.1) is 0 Å². The third kappa shape index (κ3) is 6.01. The first-order valence-corrected chi connectivity index (χ1v) is 11.6. The number of amides is 3. The Labute approximate surface area is 210 Å². The van der Waals surface area contributed by atoms with Crippen LogP contribution in [0.5, 0.6) is 5.75 Å². The van der Waals surface area contributed by atoms with Gasteiger partial charge in [0.2, 0.25) is 11.8 Å². The molecule has 1 fully saturated rings. The first-order chi connectivity index (χ1) is 15.7. The number of anilines is 2. The first kappa shape index (κ1) is 24.9. The molecule has 1 atom stereocenters. The maximum absolute atomic E-state index is 13.4. The number of carbonyl (C=O) groups is 3. The van der Waals surface area contributed by atoms with Crippen LogP contribution in [-0.4, -0.2) is 54.0 Å². The highest BCUT2D eigenvalue weighted by molar-refractivity contribution is 9.10. The number of nitrogens with one attached hydrogen (secondary N) is 2. The van der Waals surface area contributed by atoms with Crippen LogP contribution in [0, 0.1) is 0 Å². The van der Waals surface area contributed by atoms with E-state index in [1.807, 2.05) is 0 Å². The van der Waals surface area contributed by atoms with Crippen molar-refractivity contribution < 1.29 is 19.1 Å². The van der Waals surface area contributed by atoms with Gasteiger partial charge in [0.25, 0.3) is 5.91 Å². The Balaban J connectivity index is 1.83. The number of nitrogens with zero attached hydrogens (tertiary/aromatic N) is 2. The minimum atomic E-state index is -0.831. The lowest BCUT2D eigenvalue weighted by Crippen LogP contribution is -2.42. The molecule has 0 bridgehead atoms. The molecule has 11 heteroatoms. The average Bonchev–Trinajstić information content (AvgIpc) is 2.99. The molecule has 2 N–H and O–H groups in total. The quantitative estimate of drug-likeness (QED) is 0.486. The first-order valence-electron chi connectivity index (χ1n) is 9.99. The van der Waals surface area contributed by atoms with Gasteiger partial charge >= 0.3 is 0 Å². The number of thiocarbonyl (C=S) groups is 1. The molecule has 1 aliphatic heterocycles. The van der Waals surface area contributed by atoms with E-state index in [4.69, 9.17) is 28.6 Å². The van der Waals surface area contributed by atoms with Crippen LogP contribution >= 0.6 is 39.7 Å². The zero-order valence-electron chi connectivity index (χ0n) is 17.9. The summed E-state index contributed by atoms with van der Waals surface area (Å²) in [5, 5.41) is 6.05. The summed E-state index contributed by atoms with van der Waals surface area (Å²) in [5.41, 5.74) is 1.08. The van der Waals surface area contributed by atoms with Gasteiger partial charge in [-0.2, -0.15) is 0 Å². The molecule has 0 saturated carbocycles. The SMILES string of the molecule is COc1ccc(N2C(=O)C(CC(=O)Nc3ccc(Br)cc3)N(CCNC(C)=O)C2=S)cc1Cl. The lowest BCUT2D eigenvalue weighted by atomic mass is 10.1. The number of rotatable bonds is 8. The number of methoxy groups -OCH3 is 1. The van der Waals surface area contributed by atoms with Gasteiger partial charge in [-0.3, -0.25) is 19.3 Å². The van der Waals surface area contributed by atoms with Crippen molar-refractivity contribution in [3.05, 3.63) is 52.0 Å². The lowest BCUT2D eigenvalue weighted by molar-refractivity contribution is -0.124. The Morgan fingerprint density at radius 1 is 1.21 bits per heavy atom. The van der Waals surface area contributed by atoms with Crippen molar-refractivity contribution in [2.45, 2.75) is 19.4 Å². The highest BCUT2D eigenvalue weighted by Gasteiger charge is 2.44. The average molecular weight is 554 g/mol. The number of carbonyl (C=O) groups excluding carboxylic acids is 3. The van der Waals surface area contributed by atoms with E-state index in [0.717, 1.165) is 4.47 Å². The summed E-state index contributed by atoms with van der Waals surface area (Å²) in [6, 6.07) is 11.2. The van der Waals surface area contributed by atoms with Crippen molar-refractivity contribution in [2.75, 3.05) is 30.4 Å². The molecule has 3 rings (SSSR count). The molecule has 3 amide bonds. The van der Waals surface area contributed by atoms with E-state index < -0.39 is 6.04 Å². The van der Waals surface area contributed by atoms with Gasteiger partial charge < -0.3 is 20.3 Å². The Hall–Kier alpha value is -2.69. The number of ether oxygens (including phenoxy) is 1. The summed E-state index contributed by atoms with van der Waals surface area (Å²) in [6.45, 7) is 1.94. The second-order valence-electron chi connectivity index (χ2n) is 7.23. The van der Waals surface area contributed by atoms with Crippen molar-refractivity contribution >= 4 is 74.0 Å². The number of hydrogen-bond donors (Lipinski definition) is 2. The number of halogens is 2. The van der Waals surface area contributed by atoms with Crippen LogP contribution in [0.1, 0.15) is 13.3 Å². The second kappa shape index (κ2) is 11.0. The fourth-order valence-corrected chi connectivity index (χ4v) is 4.32. The molecule has 1 saturated heterocycles. The molecule has 2 aromatic carbocycles. The van der Waals surface area contributed by atoms with Crippen molar-refractivity contribution in [3.8, 4) is 5.75 Å². The standard InChI is InChI=1S/C22H22BrClN4O4S/c1-13(29)25-9-10-27-18(12-20(30)26-15-5-3-14(23)4-6-15)21(31)28(22(27)33)16-7-8-19(32-2)17(24)11-16/h3-8,11,18H,9-10,12H2,1-2H3,(H,25,29)(H,26,30). The van der Waals surface area contributed by atoms with E-state index in [9.17, 15) is 14.4 Å². The normalized spacial score (nSPS) is 15.6. The van der Waals surface area contributed by atoms with E-state index in [1.54, 1.807) is 47.4 Å². The molecule has 33 heavy (non-hydrogen) atoms. The van der Waals surface area contributed by atoms with Crippen LogP contribution < -0.4 is 20.3 Å². The van der Waals surface area contributed by atoms with Crippen LogP contribution in [0.15, 0.2) is 46.9 Å². The van der Waals surface area contributed by atoms with Gasteiger partial charge in [-0.25, -0.2) is 0 Å². The molecule has 174 valence electrons. The lowest BCUT2D eigenvalue weighted by Gasteiger charge is -2.24. The molecule has 1 aliphatic rings. The van der Waals surface area contributed by atoms with Gasteiger partial charge in [0.05, 0.1) is 24.2 Å². The van der Waals surface area contributed by atoms with Crippen molar-refractivity contribution in [3.63, 3.8) is 0 Å². The van der Waals surface area contributed by atoms with E-state index in [0.29, 0.717) is 22.1 Å². The third-order valence-corrected chi connectivity index (χ3v) is 6.19. The molecule has 0 aromatic heterocycles. The maximum atomic E-state index is 13.4. The summed E-state index contributed by atoms with van der Waals surface area (Å²) in [5.74, 6) is -0.423. The van der Waals surface area contributed by atoms with E-state index >= 15 is 0 Å². The fraction of sp³-hybridized carbons (Fsp3) is 0.273. The van der Waals surface area contributed by atoms with Crippen LogP contribution in [0.3, 0.4) is 0 Å². The van der Waals surface area contributed by atoms with E-state index in [-0.39, 0.29) is 42.3 Å². The van der Waals surface area contributed by atoms with E-state index in [1.165, 1.54) is 18.9 Å². The van der Waals surface area contributed by atoms with Crippen LogP contribution in [0.2, 0.25) is 5.02 Å². The fourth-order valence-electron chi connectivity index (χ4n) is 3.39. The largest absolute Gasteiger partial charge is 0.495 e. The van der Waals surface area contributed by atoms with Crippen LogP contribution in [0.4, 0.5) is 11.4 Å². The van der Waals surface area contributed by atoms with Gasteiger partial charge in [0.15, 0.2) is 5.11 Å². The molecule has 0 aliphatic carbocycles. The zero-order chi connectivity index (χ0) is 24.1. The predicted molar refractivity (Wildman–Crippen MR) is 135 cm³/mol. The smallest absolute Gasteiger partial charge is 0.256 e. The monoisotopic (exact) mass is 552 g/mol. The van der Waals surface area contributed by atoms with Crippen LogP contribution in [0.25, 0.3) is 0 Å². The van der Waals surface area contributed by atoms with Crippen molar-refractivity contribution in [1.29, 1.82) is 0 Å². The summed E-state index contributed by atoms with van der Waals surface area (Å²) < 4.78 is 6.06. The van der Waals surface area contributed by atoms with Crippen molar-refractivity contribution in [2.24, 2.45) is 0 Å². The van der Waals surface area contributed by atoms with Gasteiger partial charge in [0.1, 0.15) is 11.8 Å².